The highest BCUT2D eigenvalue weighted by Crippen LogP contribution is 2.14. The summed E-state index contributed by atoms with van der Waals surface area (Å²) in [5.41, 5.74) is 7.94. The Bertz CT molecular complexity index is 264. The SMILES string of the molecule is [N-]=[N+]=NCc1ccc(Br)o1. The second-order valence-corrected chi connectivity index (χ2v) is 2.38. The van der Waals surface area contributed by atoms with E-state index in [-0.39, 0.29) is 6.54 Å². The lowest BCUT2D eigenvalue weighted by Gasteiger charge is -1.82. The van der Waals surface area contributed by atoms with Gasteiger partial charge < -0.3 is 4.42 Å². The molecule has 1 rings (SSSR count). The summed E-state index contributed by atoms with van der Waals surface area (Å²) < 4.78 is 5.69. The van der Waals surface area contributed by atoms with Crippen LogP contribution in [0.1, 0.15) is 5.76 Å². The van der Waals surface area contributed by atoms with Crippen LogP contribution in [0.25, 0.3) is 10.4 Å². The lowest BCUT2D eigenvalue weighted by Crippen LogP contribution is -1.69. The van der Waals surface area contributed by atoms with Gasteiger partial charge in [0.25, 0.3) is 0 Å². The molecule has 0 radical (unpaired) electrons. The van der Waals surface area contributed by atoms with Gasteiger partial charge in [0.1, 0.15) is 5.76 Å². The van der Waals surface area contributed by atoms with Gasteiger partial charge in [0, 0.05) is 4.91 Å². The maximum Gasteiger partial charge on any atom is 0.169 e. The Morgan fingerprint density at radius 1 is 1.70 bits per heavy atom. The van der Waals surface area contributed by atoms with Gasteiger partial charge in [-0.15, -0.1) is 0 Å². The zero-order valence-electron chi connectivity index (χ0n) is 4.99. The zero-order valence-corrected chi connectivity index (χ0v) is 6.58. The number of azide groups is 1. The van der Waals surface area contributed by atoms with E-state index in [0.29, 0.717) is 10.4 Å². The quantitative estimate of drug-likeness (QED) is 0.413. The van der Waals surface area contributed by atoms with Gasteiger partial charge >= 0.3 is 0 Å². The van der Waals surface area contributed by atoms with E-state index in [4.69, 9.17) is 9.95 Å². The zero-order chi connectivity index (χ0) is 7.40. The maximum atomic E-state index is 7.94. The van der Waals surface area contributed by atoms with E-state index in [1.165, 1.54) is 0 Å². The van der Waals surface area contributed by atoms with Crippen LogP contribution in [0, 0.1) is 0 Å². The fraction of sp³-hybridized carbons (Fsp3) is 0.200. The molecule has 0 aromatic carbocycles. The summed E-state index contributed by atoms with van der Waals surface area (Å²) in [5, 5.41) is 3.32. The van der Waals surface area contributed by atoms with Crippen LogP contribution in [0.15, 0.2) is 26.3 Å². The molecule has 52 valence electrons. The molecule has 0 amide bonds. The molecule has 0 N–H and O–H groups in total. The number of furan rings is 1. The van der Waals surface area contributed by atoms with Crippen molar-refractivity contribution in [1.82, 2.24) is 0 Å². The summed E-state index contributed by atoms with van der Waals surface area (Å²) in [4.78, 5) is 2.59. The molecule has 1 aromatic rings. The molecule has 0 aliphatic carbocycles. The van der Waals surface area contributed by atoms with Crippen LogP contribution in [0.3, 0.4) is 0 Å². The third-order valence-corrected chi connectivity index (χ3v) is 1.34. The molecule has 0 bridgehead atoms. The summed E-state index contributed by atoms with van der Waals surface area (Å²) >= 11 is 3.12. The second-order valence-electron chi connectivity index (χ2n) is 1.59. The molecule has 4 nitrogen and oxygen atoms in total. The molecule has 0 atom stereocenters. The van der Waals surface area contributed by atoms with Gasteiger partial charge in [0.2, 0.25) is 0 Å². The smallest absolute Gasteiger partial charge is 0.169 e. The van der Waals surface area contributed by atoms with Crippen LogP contribution in [0.2, 0.25) is 0 Å². The Kier molecular flexibility index (Phi) is 2.36. The first-order valence-electron chi connectivity index (χ1n) is 2.58. The molecular formula is C5H4BrN3O. The number of rotatable bonds is 2. The molecule has 0 saturated carbocycles. The normalized spacial score (nSPS) is 8.90. The molecule has 0 saturated heterocycles. The third kappa shape index (κ3) is 1.79. The summed E-state index contributed by atoms with van der Waals surface area (Å²) in [6, 6.07) is 3.50. The van der Waals surface area contributed by atoms with Gasteiger partial charge in [0.05, 0.1) is 6.54 Å². The summed E-state index contributed by atoms with van der Waals surface area (Å²) in [5.74, 6) is 0.657. The highest BCUT2D eigenvalue weighted by Gasteiger charge is 1.95. The fourth-order valence-electron chi connectivity index (χ4n) is 0.538. The van der Waals surface area contributed by atoms with Crippen molar-refractivity contribution in [3.63, 3.8) is 0 Å². The van der Waals surface area contributed by atoms with E-state index in [1.54, 1.807) is 12.1 Å². The number of halogens is 1. The van der Waals surface area contributed by atoms with E-state index in [2.05, 4.69) is 26.0 Å². The van der Waals surface area contributed by atoms with Crippen molar-refractivity contribution in [3.8, 4) is 0 Å². The molecule has 5 heteroatoms. The molecule has 10 heavy (non-hydrogen) atoms. The van der Waals surface area contributed by atoms with E-state index in [0.717, 1.165) is 0 Å². The summed E-state index contributed by atoms with van der Waals surface area (Å²) in [6.45, 7) is 0.266. The third-order valence-electron chi connectivity index (χ3n) is 0.919. The molecular weight excluding hydrogens is 198 g/mol. The van der Waals surface area contributed by atoms with Gasteiger partial charge in [-0.2, -0.15) is 0 Å². The standard InChI is InChI=1S/C5H4BrN3O/c6-5-2-1-4(10-5)3-8-9-7/h1-2H,3H2. The van der Waals surface area contributed by atoms with E-state index >= 15 is 0 Å². The minimum atomic E-state index is 0.266. The molecule has 0 spiro atoms. The topological polar surface area (TPSA) is 61.9 Å². The first kappa shape index (κ1) is 7.18. The van der Waals surface area contributed by atoms with Crippen molar-refractivity contribution in [2.24, 2.45) is 5.11 Å². The lowest BCUT2D eigenvalue weighted by atomic mass is 10.5. The predicted molar refractivity (Wildman–Crippen MR) is 39.3 cm³/mol. The Balaban J connectivity index is 2.66. The Hall–Kier alpha value is -0.930. The summed E-state index contributed by atoms with van der Waals surface area (Å²) in [6.07, 6.45) is 0. The van der Waals surface area contributed by atoms with Crippen LogP contribution in [-0.4, -0.2) is 0 Å². The average Bonchev–Trinajstić information content (AvgIpc) is 2.31. The number of hydrogen-bond acceptors (Lipinski definition) is 2. The van der Waals surface area contributed by atoms with Crippen molar-refractivity contribution >= 4 is 15.9 Å². The van der Waals surface area contributed by atoms with Crippen LogP contribution in [-0.2, 0) is 6.54 Å². The van der Waals surface area contributed by atoms with Gasteiger partial charge in [-0.3, -0.25) is 0 Å². The highest BCUT2D eigenvalue weighted by atomic mass is 79.9. The Morgan fingerprint density at radius 3 is 3.00 bits per heavy atom. The van der Waals surface area contributed by atoms with Crippen molar-refractivity contribution in [3.05, 3.63) is 33.0 Å². The van der Waals surface area contributed by atoms with Crippen molar-refractivity contribution < 1.29 is 4.42 Å². The summed E-state index contributed by atoms with van der Waals surface area (Å²) in [7, 11) is 0. The minimum absolute atomic E-state index is 0.266. The second kappa shape index (κ2) is 3.29. The predicted octanol–water partition coefficient (Wildman–Crippen LogP) is 2.85. The maximum absolute atomic E-state index is 7.94. The van der Waals surface area contributed by atoms with Crippen LogP contribution >= 0.6 is 15.9 Å². The van der Waals surface area contributed by atoms with Gasteiger partial charge in [-0.25, -0.2) is 0 Å². The largest absolute Gasteiger partial charge is 0.454 e. The van der Waals surface area contributed by atoms with E-state index < -0.39 is 0 Å². The fourth-order valence-corrected chi connectivity index (χ4v) is 0.878. The van der Waals surface area contributed by atoms with Crippen LogP contribution in [0.4, 0.5) is 0 Å². The van der Waals surface area contributed by atoms with Gasteiger partial charge in [-0.05, 0) is 33.6 Å². The van der Waals surface area contributed by atoms with E-state index in [9.17, 15) is 0 Å². The molecule has 0 unspecified atom stereocenters. The minimum Gasteiger partial charge on any atom is -0.454 e. The number of nitrogens with zero attached hydrogens (tertiary/aromatic N) is 3. The average molecular weight is 202 g/mol. The van der Waals surface area contributed by atoms with Crippen molar-refractivity contribution in [2.45, 2.75) is 6.54 Å². The Morgan fingerprint density at radius 2 is 2.50 bits per heavy atom. The molecule has 1 heterocycles. The monoisotopic (exact) mass is 201 g/mol. The van der Waals surface area contributed by atoms with Crippen molar-refractivity contribution in [2.75, 3.05) is 0 Å². The first-order chi connectivity index (χ1) is 4.83. The lowest BCUT2D eigenvalue weighted by molar-refractivity contribution is 0.490. The first-order valence-corrected chi connectivity index (χ1v) is 3.37. The molecule has 1 aromatic heterocycles. The van der Waals surface area contributed by atoms with Crippen LogP contribution < -0.4 is 0 Å². The van der Waals surface area contributed by atoms with Crippen LogP contribution in [0.5, 0.6) is 0 Å². The van der Waals surface area contributed by atoms with E-state index in [1.807, 2.05) is 0 Å². The van der Waals surface area contributed by atoms with Gasteiger partial charge in [0.15, 0.2) is 4.67 Å². The van der Waals surface area contributed by atoms with Crippen molar-refractivity contribution in [1.29, 1.82) is 0 Å². The molecule has 0 fully saturated rings. The number of hydrogen-bond donors (Lipinski definition) is 0. The molecule has 0 aliphatic rings. The molecule has 0 aliphatic heterocycles. The Labute approximate surface area is 65.6 Å². The highest BCUT2D eigenvalue weighted by molar-refractivity contribution is 9.10. The van der Waals surface area contributed by atoms with Gasteiger partial charge in [-0.1, -0.05) is 5.11 Å².